The highest BCUT2D eigenvalue weighted by Crippen LogP contribution is 2.39. The normalized spacial score (nSPS) is 15.9. The number of anilines is 1. The Morgan fingerprint density at radius 3 is 2.76 bits per heavy atom. The molecule has 0 saturated heterocycles. The fraction of sp³-hybridized carbons (Fsp3) is 0.250. The van der Waals surface area contributed by atoms with Crippen LogP contribution in [0.4, 0.5) is 5.69 Å². The van der Waals surface area contributed by atoms with E-state index in [1.165, 1.54) is 4.31 Å². The number of aromatic nitrogens is 2. The van der Waals surface area contributed by atoms with Gasteiger partial charge < -0.3 is 14.4 Å². The molecule has 9 heteroatoms. The summed E-state index contributed by atoms with van der Waals surface area (Å²) in [5.74, 6) is 0.219. The van der Waals surface area contributed by atoms with Crippen molar-refractivity contribution in [1.29, 1.82) is 0 Å². The lowest BCUT2D eigenvalue weighted by Crippen LogP contribution is -2.43. The SMILES string of the molecule is Cc1cccc(S(=O)(=O)N2C[C@H](CCC(=O)O)Oc3ccc(/C=C/c4nccn4C)cc32)c1. The Labute approximate surface area is 192 Å². The molecule has 1 aromatic heterocycles. The zero-order valence-electron chi connectivity index (χ0n) is 18.4. The molecule has 0 spiro atoms. The van der Waals surface area contributed by atoms with Gasteiger partial charge in [-0.1, -0.05) is 24.3 Å². The number of carbonyl (C=O) groups is 1. The second kappa shape index (κ2) is 9.11. The summed E-state index contributed by atoms with van der Waals surface area (Å²) in [4.78, 5) is 15.5. The van der Waals surface area contributed by atoms with Crippen molar-refractivity contribution < 1.29 is 23.1 Å². The van der Waals surface area contributed by atoms with E-state index in [0.717, 1.165) is 17.0 Å². The number of aliphatic carboxylic acids is 1. The molecule has 0 aliphatic carbocycles. The van der Waals surface area contributed by atoms with Crippen molar-refractivity contribution in [3.05, 3.63) is 71.8 Å². The molecule has 8 nitrogen and oxygen atoms in total. The summed E-state index contributed by atoms with van der Waals surface area (Å²) in [5.41, 5.74) is 2.04. The maximum Gasteiger partial charge on any atom is 0.303 e. The number of hydrogen-bond acceptors (Lipinski definition) is 5. The molecule has 0 fully saturated rings. The zero-order chi connectivity index (χ0) is 23.6. The van der Waals surface area contributed by atoms with Gasteiger partial charge in [-0.15, -0.1) is 0 Å². The summed E-state index contributed by atoms with van der Waals surface area (Å²) in [5, 5.41) is 9.07. The monoisotopic (exact) mass is 467 g/mol. The maximum absolute atomic E-state index is 13.6. The Bertz CT molecular complexity index is 1310. The summed E-state index contributed by atoms with van der Waals surface area (Å²) in [6.07, 6.45) is 6.78. The van der Waals surface area contributed by atoms with Crippen LogP contribution in [-0.4, -0.2) is 41.7 Å². The molecule has 0 amide bonds. The van der Waals surface area contributed by atoms with Crippen LogP contribution in [0.15, 0.2) is 59.8 Å². The molecule has 33 heavy (non-hydrogen) atoms. The zero-order valence-corrected chi connectivity index (χ0v) is 19.2. The standard InChI is InChI=1S/C24H25N3O5S/c1-17-4-3-5-20(14-17)33(30,31)27-16-19(8-11-24(28)29)32-22-9-6-18(15-21(22)27)7-10-23-25-12-13-26(23)2/h3-7,9-10,12-15,19H,8,11,16H2,1-2H3,(H,28,29)/b10-7+/t19-/m0/s1. The molecule has 1 aliphatic heterocycles. The number of sulfonamides is 1. The number of fused-ring (bicyclic) bond motifs is 1. The molecular weight excluding hydrogens is 442 g/mol. The van der Waals surface area contributed by atoms with Crippen molar-refractivity contribution in [2.24, 2.45) is 7.05 Å². The fourth-order valence-corrected chi connectivity index (χ4v) is 5.31. The van der Waals surface area contributed by atoms with Gasteiger partial charge in [0, 0.05) is 25.9 Å². The first-order chi connectivity index (χ1) is 15.7. The van der Waals surface area contributed by atoms with Crippen molar-refractivity contribution in [2.75, 3.05) is 10.8 Å². The third-order valence-electron chi connectivity index (χ3n) is 5.46. The Morgan fingerprint density at radius 1 is 1.24 bits per heavy atom. The highest BCUT2D eigenvalue weighted by Gasteiger charge is 2.34. The molecule has 0 unspecified atom stereocenters. The Hall–Kier alpha value is -3.59. The minimum atomic E-state index is -3.89. The molecule has 2 aromatic carbocycles. The third kappa shape index (κ3) is 4.93. The number of carboxylic acid groups (broad SMARTS) is 1. The number of rotatable bonds is 7. The summed E-state index contributed by atoms with van der Waals surface area (Å²) in [6, 6.07) is 12.0. The van der Waals surface area contributed by atoms with E-state index in [4.69, 9.17) is 9.84 Å². The summed E-state index contributed by atoms with van der Waals surface area (Å²) >= 11 is 0. The van der Waals surface area contributed by atoms with Crippen molar-refractivity contribution in [1.82, 2.24) is 9.55 Å². The molecule has 0 saturated carbocycles. The highest BCUT2D eigenvalue weighted by molar-refractivity contribution is 7.92. The molecule has 3 aromatic rings. The van der Waals surface area contributed by atoms with Gasteiger partial charge in [-0.3, -0.25) is 9.10 Å². The van der Waals surface area contributed by atoms with Crippen LogP contribution in [0.1, 0.15) is 29.8 Å². The average molecular weight is 468 g/mol. The maximum atomic E-state index is 13.6. The number of imidazole rings is 1. The van der Waals surface area contributed by atoms with Crippen molar-refractivity contribution in [2.45, 2.75) is 30.8 Å². The number of hydrogen-bond donors (Lipinski definition) is 1. The lowest BCUT2D eigenvalue weighted by atomic mass is 10.1. The lowest BCUT2D eigenvalue weighted by molar-refractivity contribution is -0.137. The third-order valence-corrected chi connectivity index (χ3v) is 7.23. The Morgan fingerprint density at radius 2 is 2.06 bits per heavy atom. The number of carboxylic acids is 1. The van der Waals surface area contributed by atoms with E-state index in [1.54, 1.807) is 36.5 Å². The smallest absolute Gasteiger partial charge is 0.303 e. The molecule has 0 radical (unpaired) electrons. The largest absolute Gasteiger partial charge is 0.486 e. The quantitative estimate of drug-likeness (QED) is 0.568. The van der Waals surface area contributed by atoms with Crippen LogP contribution in [0.5, 0.6) is 5.75 Å². The average Bonchev–Trinajstić information content (AvgIpc) is 3.20. The number of nitrogens with zero attached hydrogens (tertiary/aromatic N) is 3. The van der Waals surface area contributed by atoms with E-state index in [-0.39, 0.29) is 24.3 Å². The van der Waals surface area contributed by atoms with Gasteiger partial charge in [0.25, 0.3) is 10.0 Å². The van der Waals surface area contributed by atoms with Crippen LogP contribution in [-0.2, 0) is 21.9 Å². The number of ether oxygens (including phenoxy) is 1. The van der Waals surface area contributed by atoms with Crippen LogP contribution < -0.4 is 9.04 Å². The summed E-state index contributed by atoms with van der Waals surface area (Å²) in [6.45, 7) is 1.87. The van der Waals surface area contributed by atoms with E-state index in [9.17, 15) is 13.2 Å². The van der Waals surface area contributed by atoms with E-state index in [0.29, 0.717) is 11.4 Å². The minimum Gasteiger partial charge on any atom is -0.486 e. The predicted octanol–water partition coefficient (Wildman–Crippen LogP) is 3.72. The summed E-state index contributed by atoms with van der Waals surface area (Å²) < 4.78 is 36.4. The van der Waals surface area contributed by atoms with Gasteiger partial charge in [0.1, 0.15) is 17.7 Å². The Kier molecular flexibility index (Phi) is 6.24. The van der Waals surface area contributed by atoms with Gasteiger partial charge in [-0.2, -0.15) is 0 Å². The first-order valence-corrected chi connectivity index (χ1v) is 12.0. The van der Waals surface area contributed by atoms with E-state index in [2.05, 4.69) is 4.98 Å². The molecule has 172 valence electrons. The van der Waals surface area contributed by atoms with Crippen LogP contribution >= 0.6 is 0 Å². The molecule has 1 atom stereocenters. The van der Waals surface area contributed by atoms with Gasteiger partial charge >= 0.3 is 5.97 Å². The second-order valence-corrected chi connectivity index (χ2v) is 9.84. The molecule has 0 bridgehead atoms. The molecule has 1 aliphatic rings. The topological polar surface area (TPSA) is 102 Å². The fourth-order valence-electron chi connectivity index (χ4n) is 3.71. The van der Waals surface area contributed by atoms with Crippen LogP contribution in [0.3, 0.4) is 0 Å². The minimum absolute atomic E-state index is 0.0308. The van der Waals surface area contributed by atoms with Gasteiger partial charge in [0.05, 0.1) is 17.1 Å². The molecule has 4 rings (SSSR count). The summed E-state index contributed by atoms with van der Waals surface area (Å²) in [7, 11) is -2.00. The molecular formula is C24H25N3O5S. The first kappa shape index (κ1) is 22.6. The van der Waals surface area contributed by atoms with Gasteiger partial charge in [-0.25, -0.2) is 13.4 Å². The van der Waals surface area contributed by atoms with E-state index >= 15 is 0 Å². The van der Waals surface area contributed by atoms with E-state index < -0.39 is 22.1 Å². The number of benzene rings is 2. The van der Waals surface area contributed by atoms with Crippen LogP contribution in [0.25, 0.3) is 12.2 Å². The van der Waals surface area contributed by atoms with E-state index in [1.807, 2.05) is 49.0 Å². The molecule has 1 N–H and O–H groups in total. The second-order valence-electron chi connectivity index (χ2n) is 7.98. The van der Waals surface area contributed by atoms with Crippen LogP contribution in [0, 0.1) is 6.92 Å². The Balaban J connectivity index is 1.73. The van der Waals surface area contributed by atoms with Gasteiger partial charge in [0.15, 0.2) is 0 Å². The number of aryl methyl sites for hydroxylation is 2. The predicted molar refractivity (Wildman–Crippen MR) is 126 cm³/mol. The first-order valence-electron chi connectivity index (χ1n) is 10.5. The highest BCUT2D eigenvalue weighted by atomic mass is 32.2. The van der Waals surface area contributed by atoms with Crippen LogP contribution in [0.2, 0.25) is 0 Å². The van der Waals surface area contributed by atoms with Gasteiger partial charge in [0.2, 0.25) is 0 Å². The van der Waals surface area contributed by atoms with Crippen molar-refractivity contribution in [3.63, 3.8) is 0 Å². The molecule has 2 heterocycles. The lowest BCUT2D eigenvalue weighted by Gasteiger charge is -2.35. The van der Waals surface area contributed by atoms with Crippen molar-refractivity contribution in [3.8, 4) is 5.75 Å². The van der Waals surface area contributed by atoms with Crippen molar-refractivity contribution >= 4 is 33.8 Å². The van der Waals surface area contributed by atoms with Gasteiger partial charge in [-0.05, 0) is 54.8 Å².